The quantitative estimate of drug-likeness (QED) is 0.734. The molecule has 2 saturated carbocycles. The van der Waals surface area contributed by atoms with Crippen LogP contribution in [-0.4, -0.2) is 38.9 Å². The molecule has 6 heteroatoms. The van der Waals surface area contributed by atoms with Crippen LogP contribution in [0.15, 0.2) is 12.4 Å². The van der Waals surface area contributed by atoms with Gasteiger partial charge in [-0.05, 0) is 32.1 Å². The van der Waals surface area contributed by atoms with Crippen molar-refractivity contribution in [2.24, 2.45) is 13.0 Å². The minimum atomic E-state index is 0.152. The fraction of sp³-hybridized carbons (Fsp3) is 0.688. The highest BCUT2D eigenvalue weighted by molar-refractivity contribution is 5.81. The van der Waals surface area contributed by atoms with Crippen molar-refractivity contribution in [3.05, 3.63) is 18.2 Å². The minimum absolute atomic E-state index is 0.152. The van der Waals surface area contributed by atoms with Crippen molar-refractivity contribution in [3.8, 4) is 0 Å². The van der Waals surface area contributed by atoms with Gasteiger partial charge in [0.2, 0.25) is 11.8 Å². The third kappa shape index (κ3) is 3.87. The van der Waals surface area contributed by atoms with Crippen LogP contribution in [0.4, 0.5) is 0 Å². The van der Waals surface area contributed by atoms with Crippen LogP contribution in [0.5, 0.6) is 0 Å². The van der Waals surface area contributed by atoms with Gasteiger partial charge in [0.05, 0.1) is 6.54 Å². The van der Waals surface area contributed by atoms with Gasteiger partial charge in [-0.2, -0.15) is 0 Å². The summed E-state index contributed by atoms with van der Waals surface area (Å²) in [6.07, 6.45) is 9.08. The smallest absolute Gasteiger partial charge is 0.223 e. The Morgan fingerprint density at radius 3 is 2.73 bits per heavy atom. The van der Waals surface area contributed by atoms with Gasteiger partial charge in [-0.3, -0.25) is 9.59 Å². The van der Waals surface area contributed by atoms with Gasteiger partial charge in [0.15, 0.2) is 0 Å². The fourth-order valence-electron chi connectivity index (χ4n) is 2.59. The van der Waals surface area contributed by atoms with Crippen molar-refractivity contribution in [2.45, 2.75) is 51.1 Å². The summed E-state index contributed by atoms with van der Waals surface area (Å²) in [4.78, 5) is 30.2. The van der Waals surface area contributed by atoms with Crippen LogP contribution in [0.2, 0.25) is 0 Å². The molecule has 0 radical (unpaired) electrons. The number of amides is 2. The van der Waals surface area contributed by atoms with Gasteiger partial charge in [0.25, 0.3) is 0 Å². The third-order valence-electron chi connectivity index (χ3n) is 4.36. The number of nitrogens with one attached hydrogen (secondary N) is 1. The van der Waals surface area contributed by atoms with Crippen LogP contribution in [0, 0.1) is 5.92 Å². The Balaban J connectivity index is 1.43. The van der Waals surface area contributed by atoms with Crippen molar-refractivity contribution >= 4 is 11.8 Å². The first-order valence-electron chi connectivity index (χ1n) is 8.18. The molecule has 2 aliphatic rings. The molecule has 22 heavy (non-hydrogen) atoms. The second kappa shape index (κ2) is 6.50. The molecule has 0 atom stereocenters. The maximum absolute atomic E-state index is 12.4. The highest BCUT2D eigenvalue weighted by atomic mass is 16.2. The summed E-state index contributed by atoms with van der Waals surface area (Å²) >= 11 is 0. The Bertz CT molecular complexity index is 546. The number of nitrogens with zero attached hydrogens (tertiary/aromatic N) is 3. The summed E-state index contributed by atoms with van der Waals surface area (Å²) in [7, 11) is 1.95. The maximum Gasteiger partial charge on any atom is 0.223 e. The number of rotatable bonds is 8. The molecule has 3 rings (SSSR count). The van der Waals surface area contributed by atoms with E-state index in [0.29, 0.717) is 32.0 Å². The first kappa shape index (κ1) is 15.1. The van der Waals surface area contributed by atoms with E-state index in [4.69, 9.17) is 0 Å². The van der Waals surface area contributed by atoms with E-state index in [1.165, 1.54) is 0 Å². The van der Waals surface area contributed by atoms with E-state index in [0.717, 1.165) is 31.5 Å². The van der Waals surface area contributed by atoms with Gasteiger partial charge in [0.1, 0.15) is 5.82 Å². The predicted octanol–water partition coefficient (Wildman–Crippen LogP) is 1.22. The molecule has 6 nitrogen and oxygen atoms in total. The van der Waals surface area contributed by atoms with Gasteiger partial charge in [-0.25, -0.2) is 4.98 Å². The van der Waals surface area contributed by atoms with Crippen LogP contribution in [-0.2, 0) is 23.2 Å². The molecule has 1 N–H and O–H groups in total. The topological polar surface area (TPSA) is 67.2 Å². The summed E-state index contributed by atoms with van der Waals surface area (Å²) in [6, 6.07) is 0.380. The Kier molecular flexibility index (Phi) is 4.45. The lowest BCUT2D eigenvalue weighted by Crippen LogP contribution is -2.34. The van der Waals surface area contributed by atoms with Crippen molar-refractivity contribution in [2.75, 3.05) is 6.54 Å². The number of aryl methyl sites for hydroxylation is 1. The standard InChI is InChI=1S/C16H24N4O2/c1-19-10-9-17-14(19)11-20(13-6-7-13)15(21)3-2-8-18-16(22)12-4-5-12/h9-10,12-13H,2-8,11H2,1H3,(H,18,22). The zero-order chi connectivity index (χ0) is 15.5. The largest absolute Gasteiger partial charge is 0.356 e. The normalized spacial score (nSPS) is 17.3. The molecular formula is C16H24N4O2. The number of imidazole rings is 1. The Hall–Kier alpha value is -1.85. The van der Waals surface area contributed by atoms with Crippen LogP contribution in [0.3, 0.4) is 0 Å². The molecule has 0 bridgehead atoms. The first-order chi connectivity index (χ1) is 10.6. The molecular weight excluding hydrogens is 280 g/mol. The average Bonchev–Trinajstić information content (AvgIpc) is 3.39. The van der Waals surface area contributed by atoms with Crippen molar-refractivity contribution in [1.82, 2.24) is 19.8 Å². The predicted molar refractivity (Wildman–Crippen MR) is 81.7 cm³/mol. The zero-order valence-corrected chi connectivity index (χ0v) is 13.1. The first-order valence-corrected chi connectivity index (χ1v) is 8.18. The fourth-order valence-corrected chi connectivity index (χ4v) is 2.59. The average molecular weight is 304 g/mol. The van der Waals surface area contributed by atoms with Crippen LogP contribution in [0.1, 0.15) is 44.3 Å². The molecule has 120 valence electrons. The molecule has 2 aliphatic carbocycles. The van der Waals surface area contributed by atoms with E-state index in [1.54, 1.807) is 6.20 Å². The van der Waals surface area contributed by atoms with E-state index in [-0.39, 0.29) is 17.7 Å². The lowest BCUT2D eigenvalue weighted by atomic mass is 10.2. The summed E-state index contributed by atoms with van der Waals surface area (Å²) < 4.78 is 1.96. The number of carbonyl (C=O) groups is 2. The monoisotopic (exact) mass is 304 g/mol. The Morgan fingerprint density at radius 2 is 2.14 bits per heavy atom. The second-order valence-corrected chi connectivity index (χ2v) is 6.38. The molecule has 0 unspecified atom stereocenters. The molecule has 0 spiro atoms. The van der Waals surface area contributed by atoms with E-state index in [2.05, 4.69) is 10.3 Å². The van der Waals surface area contributed by atoms with Crippen LogP contribution in [0.25, 0.3) is 0 Å². The minimum Gasteiger partial charge on any atom is -0.356 e. The molecule has 0 saturated heterocycles. The summed E-state index contributed by atoms with van der Waals surface area (Å²) in [5.41, 5.74) is 0. The number of carbonyl (C=O) groups excluding carboxylic acids is 2. The van der Waals surface area contributed by atoms with Crippen LogP contribution >= 0.6 is 0 Å². The summed E-state index contributed by atoms with van der Waals surface area (Å²) in [6.45, 7) is 1.18. The molecule has 2 amide bonds. The SMILES string of the molecule is Cn1ccnc1CN(C(=O)CCCNC(=O)C1CC1)C1CC1. The molecule has 1 heterocycles. The number of hydrogen-bond acceptors (Lipinski definition) is 3. The Labute approximate surface area is 130 Å². The van der Waals surface area contributed by atoms with E-state index >= 15 is 0 Å². The number of hydrogen-bond donors (Lipinski definition) is 1. The highest BCUT2D eigenvalue weighted by Gasteiger charge is 2.33. The van der Waals surface area contributed by atoms with Gasteiger partial charge >= 0.3 is 0 Å². The second-order valence-electron chi connectivity index (χ2n) is 6.38. The van der Waals surface area contributed by atoms with Gasteiger partial charge in [0, 0.05) is 44.4 Å². The van der Waals surface area contributed by atoms with Gasteiger partial charge in [-0.15, -0.1) is 0 Å². The highest BCUT2D eigenvalue weighted by Crippen LogP contribution is 2.29. The Morgan fingerprint density at radius 1 is 1.36 bits per heavy atom. The lowest BCUT2D eigenvalue weighted by molar-refractivity contribution is -0.133. The molecule has 1 aromatic heterocycles. The molecule has 0 aromatic carbocycles. The van der Waals surface area contributed by atoms with Crippen molar-refractivity contribution < 1.29 is 9.59 Å². The van der Waals surface area contributed by atoms with E-state index < -0.39 is 0 Å². The summed E-state index contributed by atoms with van der Waals surface area (Å²) in [5.74, 6) is 1.48. The van der Waals surface area contributed by atoms with E-state index in [9.17, 15) is 9.59 Å². The van der Waals surface area contributed by atoms with Gasteiger partial charge < -0.3 is 14.8 Å². The van der Waals surface area contributed by atoms with Crippen LogP contribution < -0.4 is 5.32 Å². The van der Waals surface area contributed by atoms with Gasteiger partial charge in [-0.1, -0.05) is 0 Å². The number of aromatic nitrogens is 2. The third-order valence-corrected chi connectivity index (χ3v) is 4.36. The van der Waals surface area contributed by atoms with Crippen molar-refractivity contribution in [3.63, 3.8) is 0 Å². The lowest BCUT2D eigenvalue weighted by Gasteiger charge is -2.22. The molecule has 2 fully saturated rings. The maximum atomic E-state index is 12.4. The van der Waals surface area contributed by atoms with Crippen molar-refractivity contribution in [1.29, 1.82) is 0 Å². The van der Waals surface area contributed by atoms with E-state index in [1.807, 2.05) is 22.7 Å². The molecule has 0 aliphatic heterocycles. The zero-order valence-electron chi connectivity index (χ0n) is 13.1. The molecule has 1 aromatic rings. The summed E-state index contributed by atoms with van der Waals surface area (Å²) in [5, 5.41) is 2.91.